The van der Waals surface area contributed by atoms with Crippen molar-refractivity contribution in [1.82, 2.24) is 0 Å². The number of carboxylic acids is 1. The first-order valence-corrected chi connectivity index (χ1v) is 4.01. The maximum Gasteiger partial charge on any atom is 0.0445 e. The average molecular weight is 141 g/mol. The fraction of sp³-hybridized carbons (Fsp3) is 0.875. The summed E-state index contributed by atoms with van der Waals surface area (Å²) in [5.41, 5.74) is 0. The summed E-state index contributed by atoms with van der Waals surface area (Å²) in [7, 11) is 0. The van der Waals surface area contributed by atoms with Crippen molar-refractivity contribution in [1.29, 1.82) is 0 Å². The molecule has 0 unspecified atom stereocenters. The van der Waals surface area contributed by atoms with Gasteiger partial charge in [-0.2, -0.15) is 0 Å². The molecule has 0 N–H and O–H groups in total. The van der Waals surface area contributed by atoms with Crippen LogP contribution in [0, 0.1) is 5.92 Å². The molecule has 1 aliphatic carbocycles. The van der Waals surface area contributed by atoms with Crippen LogP contribution in [0.15, 0.2) is 0 Å². The van der Waals surface area contributed by atoms with E-state index in [2.05, 4.69) is 0 Å². The molecular weight excluding hydrogens is 128 g/mol. The van der Waals surface area contributed by atoms with Crippen molar-refractivity contribution in [3.63, 3.8) is 0 Å². The molecule has 2 nitrogen and oxygen atoms in total. The van der Waals surface area contributed by atoms with Crippen LogP contribution in [0.1, 0.15) is 38.5 Å². The van der Waals surface area contributed by atoms with Crippen molar-refractivity contribution >= 4 is 5.97 Å². The fourth-order valence-electron chi connectivity index (χ4n) is 1.52. The minimum absolute atomic E-state index is 0.150. The molecule has 0 atom stereocenters. The topological polar surface area (TPSA) is 40.1 Å². The zero-order valence-corrected chi connectivity index (χ0v) is 6.14. The Kier molecular flexibility index (Phi) is 2.72. The Morgan fingerprint density at radius 1 is 1.10 bits per heavy atom. The first-order chi connectivity index (χ1) is 4.80. The summed E-state index contributed by atoms with van der Waals surface area (Å²) in [4.78, 5) is 10.4. The lowest BCUT2D eigenvalue weighted by Crippen LogP contribution is -2.30. The van der Waals surface area contributed by atoms with E-state index < -0.39 is 5.97 Å². The molecule has 0 aromatic carbocycles. The van der Waals surface area contributed by atoms with E-state index in [1.807, 2.05) is 0 Å². The van der Waals surface area contributed by atoms with E-state index in [4.69, 9.17) is 0 Å². The summed E-state index contributed by atoms with van der Waals surface area (Å²) in [6.45, 7) is 0. The summed E-state index contributed by atoms with van der Waals surface area (Å²) >= 11 is 0. The van der Waals surface area contributed by atoms with Gasteiger partial charge >= 0.3 is 0 Å². The molecule has 1 aliphatic rings. The van der Waals surface area contributed by atoms with Gasteiger partial charge in [0.2, 0.25) is 0 Å². The lowest BCUT2D eigenvalue weighted by molar-refractivity contribution is -0.312. The van der Waals surface area contributed by atoms with Crippen molar-refractivity contribution in [2.45, 2.75) is 38.5 Å². The van der Waals surface area contributed by atoms with Gasteiger partial charge < -0.3 is 9.90 Å². The molecule has 0 amide bonds. The van der Waals surface area contributed by atoms with E-state index in [0.717, 1.165) is 25.7 Å². The second-order valence-corrected chi connectivity index (χ2v) is 3.01. The highest BCUT2D eigenvalue weighted by Gasteiger charge is 2.11. The molecule has 0 heterocycles. The molecule has 0 aromatic rings. The second-order valence-electron chi connectivity index (χ2n) is 3.01. The predicted molar refractivity (Wildman–Crippen MR) is 36.2 cm³/mol. The predicted octanol–water partition coefficient (Wildman–Crippen LogP) is 0.707. The number of carboxylic acid groups (broad SMARTS) is 1. The van der Waals surface area contributed by atoms with Gasteiger partial charge in [-0.3, -0.25) is 0 Å². The normalized spacial score (nSPS) is 22.0. The van der Waals surface area contributed by atoms with E-state index in [1.54, 1.807) is 0 Å². The van der Waals surface area contributed by atoms with Crippen molar-refractivity contribution in [2.75, 3.05) is 0 Å². The van der Waals surface area contributed by atoms with Gasteiger partial charge in [0.1, 0.15) is 0 Å². The summed E-state index contributed by atoms with van der Waals surface area (Å²) in [5, 5.41) is 10.4. The van der Waals surface area contributed by atoms with Gasteiger partial charge in [-0.15, -0.1) is 0 Å². The monoisotopic (exact) mass is 141 g/mol. The zero-order valence-electron chi connectivity index (χ0n) is 6.14. The standard InChI is InChI=1S/C8H14O2/c9-8(10)7-5-3-1-2-4-6-7/h7H,1-6H2,(H,9,10)/p-1. The minimum atomic E-state index is -0.845. The summed E-state index contributed by atoms with van der Waals surface area (Å²) in [6.07, 6.45) is 6.20. The smallest absolute Gasteiger partial charge is 0.0445 e. The SMILES string of the molecule is O=C([O-])C1CCCCCC1. The highest BCUT2D eigenvalue weighted by molar-refractivity contribution is 5.67. The Hall–Kier alpha value is -0.530. The molecule has 0 radical (unpaired) electrons. The molecule has 1 fully saturated rings. The number of aliphatic carboxylic acids is 1. The van der Waals surface area contributed by atoms with Gasteiger partial charge in [-0.25, -0.2) is 0 Å². The van der Waals surface area contributed by atoms with Crippen molar-refractivity contribution in [3.05, 3.63) is 0 Å². The molecule has 1 saturated carbocycles. The molecule has 10 heavy (non-hydrogen) atoms. The highest BCUT2D eigenvalue weighted by atomic mass is 16.4. The number of carbonyl (C=O) groups is 1. The van der Waals surface area contributed by atoms with Gasteiger partial charge in [-0.1, -0.05) is 25.7 Å². The van der Waals surface area contributed by atoms with Crippen molar-refractivity contribution in [2.24, 2.45) is 5.92 Å². The Morgan fingerprint density at radius 3 is 2.00 bits per heavy atom. The van der Waals surface area contributed by atoms with E-state index in [-0.39, 0.29) is 5.92 Å². The third-order valence-corrected chi connectivity index (χ3v) is 2.19. The van der Waals surface area contributed by atoms with Crippen LogP contribution >= 0.6 is 0 Å². The Morgan fingerprint density at radius 2 is 1.60 bits per heavy atom. The zero-order chi connectivity index (χ0) is 7.40. The first-order valence-electron chi connectivity index (χ1n) is 4.01. The maximum atomic E-state index is 10.4. The summed E-state index contributed by atoms with van der Waals surface area (Å²) in [5.74, 6) is -0.996. The molecule has 2 heteroatoms. The van der Waals surface area contributed by atoms with Crippen molar-refractivity contribution < 1.29 is 9.90 Å². The van der Waals surface area contributed by atoms with E-state index >= 15 is 0 Å². The quantitative estimate of drug-likeness (QED) is 0.504. The third kappa shape index (κ3) is 2.01. The van der Waals surface area contributed by atoms with E-state index in [9.17, 15) is 9.90 Å². The summed E-state index contributed by atoms with van der Waals surface area (Å²) < 4.78 is 0. The van der Waals surface area contributed by atoms with Gasteiger partial charge in [0.05, 0.1) is 0 Å². The Bertz CT molecular complexity index is 112. The number of rotatable bonds is 1. The number of hydrogen-bond acceptors (Lipinski definition) is 2. The average Bonchev–Trinajstić information content (AvgIpc) is 2.12. The van der Waals surface area contributed by atoms with Crippen LogP contribution < -0.4 is 5.11 Å². The molecule has 58 valence electrons. The largest absolute Gasteiger partial charge is 0.550 e. The Balaban J connectivity index is 2.35. The fourth-order valence-corrected chi connectivity index (χ4v) is 1.52. The van der Waals surface area contributed by atoms with Gasteiger partial charge in [0.15, 0.2) is 0 Å². The van der Waals surface area contributed by atoms with Gasteiger partial charge in [0, 0.05) is 5.97 Å². The molecule has 0 saturated heterocycles. The molecule has 0 aliphatic heterocycles. The minimum Gasteiger partial charge on any atom is -0.550 e. The second kappa shape index (κ2) is 3.59. The van der Waals surface area contributed by atoms with Crippen LogP contribution in [0.5, 0.6) is 0 Å². The Labute approximate surface area is 61.2 Å². The number of hydrogen-bond donors (Lipinski definition) is 0. The molecule has 0 spiro atoms. The molecule has 1 rings (SSSR count). The van der Waals surface area contributed by atoms with E-state index in [0.29, 0.717) is 0 Å². The summed E-state index contributed by atoms with van der Waals surface area (Å²) in [6, 6.07) is 0. The maximum absolute atomic E-state index is 10.4. The van der Waals surface area contributed by atoms with Crippen molar-refractivity contribution in [3.8, 4) is 0 Å². The van der Waals surface area contributed by atoms with Crippen LogP contribution in [-0.4, -0.2) is 5.97 Å². The lowest BCUT2D eigenvalue weighted by Gasteiger charge is -2.13. The highest BCUT2D eigenvalue weighted by Crippen LogP contribution is 2.21. The van der Waals surface area contributed by atoms with Crippen LogP contribution in [0.3, 0.4) is 0 Å². The van der Waals surface area contributed by atoms with Crippen LogP contribution in [-0.2, 0) is 4.79 Å². The molecule has 0 aromatic heterocycles. The first kappa shape index (κ1) is 7.58. The van der Waals surface area contributed by atoms with Crippen LogP contribution in [0.25, 0.3) is 0 Å². The molecule has 0 bridgehead atoms. The third-order valence-electron chi connectivity index (χ3n) is 2.19. The molecular formula is C8H13O2-. The van der Waals surface area contributed by atoms with Gasteiger partial charge in [-0.05, 0) is 18.8 Å². The van der Waals surface area contributed by atoms with E-state index in [1.165, 1.54) is 12.8 Å². The van der Waals surface area contributed by atoms with Crippen LogP contribution in [0.2, 0.25) is 0 Å². The van der Waals surface area contributed by atoms with Crippen LogP contribution in [0.4, 0.5) is 0 Å². The number of carbonyl (C=O) groups excluding carboxylic acids is 1. The lowest BCUT2D eigenvalue weighted by atomic mass is 10.0. The van der Waals surface area contributed by atoms with Gasteiger partial charge in [0.25, 0.3) is 0 Å².